The molecule has 0 spiro atoms. The fourth-order valence-electron chi connectivity index (χ4n) is 5.14. The number of amides is 1. The van der Waals surface area contributed by atoms with Gasteiger partial charge >= 0.3 is 0 Å². The fourth-order valence-corrected chi connectivity index (χ4v) is 5.14. The third-order valence-corrected chi connectivity index (χ3v) is 6.89. The van der Waals surface area contributed by atoms with E-state index in [9.17, 15) is 9.59 Å². The van der Waals surface area contributed by atoms with E-state index in [-0.39, 0.29) is 17.7 Å². The summed E-state index contributed by atoms with van der Waals surface area (Å²) in [5.74, 6) is 1.19. The van der Waals surface area contributed by atoms with Crippen molar-refractivity contribution in [3.63, 3.8) is 0 Å². The first-order chi connectivity index (χ1) is 14.7. The number of carbonyl (C=O) groups excluding carboxylic acids is 2. The highest BCUT2D eigenvalue weighted by Gasteiger charge is 2.31. The topological polar surface area (TPSA) is 86.9 Å². The Labute approximate surface area is 176 Å². The van der Waals surface area contributed by atoms with Gasteiger partial charge in [0.2, 0.25) is 5.91 Å². The molecule has 1 aromatic heterocycles. The monoisotopic (exact) mass is 404 g/mol. The molecule has 1 saturated carbocycles. The van der Waals surface area contributed by atoms with Gasteiger partial charge in [-0.2, -0.15) is 5.10 Å². The molecule has 2 heterocycles. The Kier molecular flexibility index (Phi) is 5.15. The van der Waals surface area contributed by atoms with Gasteiger partial charge < -0.3 is 0 Å². The molecule has 3 N–H and O–H groups in total. The van der Waals surface area contributed by atoms with Crippen LogP contribution in [0.2, 0.25) is 0 Å². The van der Waals surface area contributed by atoms with Crippen LogP contribution in [0.4, 0.5) is 5.82 Å². The van der Waals surface area contributed by atoms with Gasteiger partial charge in [0.25, 0.3) is 0 Å². The van der Waals surface area contributed by atoms with Gasteiger partial charge in [0.1, 0.15) is 5.78 Å². The van der Waals surface area contributed by atoms with Crippen molar-refractivity contribution in [1.29, 1.82) is 0 Å². The molecule has 1 aromatic carbocycles. The van der Waals surface area contributed by atoms with Gasteiger partial charge in [-0.15, -0.1) is 0 Å². The predicted molar refractivity (Wildman–Crippen MR) is 116 cm³/mol. The van der Waals surface area contributed by atoms with Crippen LogP contribution in [0.25, 0.3) is 17.3 Å². The molecule has 2 aromatic rings. The van der Waals surface area contributed by atoms with Crippen LogP contribution in [0.3, 0.4) is 0 Å². The van der Waals surface area contributed by atoms with E-state index in [0.717, 1.165) is 49.8 Å². The largest absolute Gasteiger partial charge is 0.299 e. The normalized spacial score (nSPS) is 26.5. The summed E-state index contributed by atoms with van der Waals surface area (Å²) in [6.07, 6.45) is 11.5. The van der Waals surface area contributed by atoms with E-state index < -0.39 is 0 Å². The van der Waals surface area contributed by atoms with Crippen LogP contribution in [-0.2, 0) is 9.59 Å². The van der Waals surface area contributed by atoms with Crippen molar-refractivity contribution in [2.75, 3.05) is 5.43 Å². The highest BCUT2D eigenvalue weighted by atomic mass is 16.2. The van der Waals surface area contributed by atoms with E-state index in [1.165, 1.54) is 11.1 Å². The van der Waals surface area contributed by atoms with Gasteiger partial charge in [0.15, 0.2) is 5.82 Å². The molecule has 30 heavy (non-hydrogen) atoms. The number of aromatic nitrogens is 2. The second kappa shape index (κ2) is 8.09. The maximum Gasteiger partial charge on any atom is 0.241 e. The lowest BCUT2D eigenvalue weighted by molar-refractivity contribution is -0.128. The molecule has 6 heteroatoms. The lowest BCUT2D eigenvalue weighted by Crippen LogP contribution is -2.38. The minimum atomic E-state index is -0.115. The number of H-pyrrole nitrogens is 1. The third kappa shape index (κ3) is 3.78. The Bertz CT molecular complexity index is 993. The molecule has 3 unspecified atom stereocenters. The number of hydrazine groups is 1. The molecular weight excluding hydrogens is 376 g/mol. The van der Waals surface area contributed by atoms with E-state index in [2.05, 4.69) is 51.4 Å². The quantitative estimate of drug-likeness (QED) is 0.600. The number of nitrogens with zero attached hydrogens (tertiary/aromatic N) is 1. The average molecular weight is 405 g/mol. The predicted octanol–water partition coefficient (Wildman–Crippen LogP) is 4.58. The van der Waals surface area contributed by atoms with Gasteiger partial charge in [-0.05, 0) is 54.9 Å². The molecule has 1 aliphatic heterocycles. The Morgan fingerprint density at radius 3 is 2.77 bits per heavy atom. The molecule has 2 aliphatic carbocycles. The Balaban J connectivity index is 1.40. The first kappa shape index (κ1) is 19.1. The molecule has 0 radical (unpaired) electrons. The van der Waals surface area contributed by atoms with Crippen molar-refractivity contribution in [1.82, 2.24) is 15.6 Å². The van der Waals surface area contributed by atoms with Crippen molar-refractivity contribution in [3.05, 3.63) is 41.5 Å². The maximum absolute atomic E-state index is 12.7. The summed E-state index contributed by atoms with van der Waals surface area (Å²) in [6.45, 7) is 0. The molecule has 0 saturated heterocycles. The summed E-state index contributed by atoms with van der Waals surface area (Å²) < 4.78 is 0. The summed E-state index contributed by atoms with van der Waals surface area (Å²) in [7, 11) is 0. The van der Waals surface area contributed by atoms with Crippen molar-refractivity contribution < 1.29 is 9.59 Å². The zero-order valence-corrected chi connectivity index (χ0v) is 17.1. The summed E-state index contributed by atoms with van der Waals surface area (Å²) >= 11 is 0. The van der Waals surface area contributed by atoms with Crippen molar-refractivity contribution in [2.45, 2.75) is 57.3 Å². The molecule has 1 amide bonds. The molecule has 3 aliphatic rings. The van der Waals surface area contributed by atoms with Crippen LogP contribution in [0, 0.1) is 11.8 Å². The van der Waals surface area contributed by atoms with E-state index >= 15 is 0 Å². The summed E-state index contributed by atoms with van der Waals surface area (Å²) in [6, 6.07) is 8.39. The molecule has 156 valence electrons. The van der Waals surface area contributed by atoms with E-state index in [4.69, 9.17) is 0 Å². The molecule has 6 nitrogen and oxygen atoms in total. The smallest absolute Gasteiger partial charge is 0.241 e. The minimum absolute atomic E-state index is 0.0278. The number of aromatic amines is 1. The Hall–Kier alpha value is -2.89. The first-order valence-corrected chi connectivity index (χ1v) is 11.1. The lowest BCUT2D eigenvalue weighted by Gasteiger charge is -2.27. The fraction of sp³-hybridized carbons (Fsp3) is 0.458. The molecule has 3 atom stereocenters. The van der Waals surface area contributed by atoms with Crippen LogP contribution in [0.5, 0.6) is 0 Å². The van der Waals surface area contributed by atoms with Gasteiger partial charge in [0.05, 0.1) is 5.69 Å². The lowest BCUT2D eigenvalue weighted by atomic mass is 9.78. The molecule has 6 bridgehead atoms. The Morgan fingerprint density at radius 1 is 0.933 bits per heavy atom. The van der Waals surface area contributed by atoms with Gasteiger partial charge in [-0.25, -0.2) is 0 Å². The second-order valence-corrected chi connectivity index (χ2v) is 8.86. The maximum atomic E-state index is 12.7. The number of carbonyl (C=O) groups is 2. The summed E-state index contributed by atoms with van der Waals surface area (Å²) in [5, 5.41) is 7.36. The number of Topliss-reactive ketones (excluding diaryl/α,β-unsaturated/α-hetero) is 1. The van der Waals surface area contributed by atoms with Crippen LogP contribution in [0.15, 0.2) is 30.3 Å². The Morgan fingerprint density at radius 2 is 1.83 bits per heavy atom. The summed E-state index contributed by atoms with van der Waals surface area (Å²) in [4.78, 5) is 25.4. The minimum Gasteiger partial charge on any atom is -0.299 e. The highest BCUT2D eigenvalue weighted by molar-refractivity contribution is 5.84. The van der Waals surface area contributed by atoms with Gasteiger partial charge in [-0.3, -0.25) is 25.5 Å². The zero-order chi connectivity index (χ0) is 20.5. The standard InChI is InChI=1S/C24H28N4O2/c29-22-7-2-1-4-15-8-9-16-10-11-17(13-20(15)16)21-14-23(26-25-21)27-28-24(30)19-6-3-5-18(22)12-19/h8-11,13-15,18-19H,1-7,12H2,(H,28,30)(H2,25,26,27). The van der Waals surface area contributed by atoms with Crippen molar-refractivity contribution in [2.24, 2.45) is 11.8 Å². The number of fused-ring (bicyclic) bond motifs is 6. The number of benzene rings is 1. The van der Waals surface area contributed by atoms with Crippen molar-refractivity contribution in [3.8, 4) is 11.3 Å². The number of ketones is 1. The number of nitrogens with one attached hydrogen (secondary N) is 3. The van der Waals surface area contributed by atoms with Crippen LogP contribution < -0.4 is 10.9 Å². The van der Waals surface area contributed by atoms with Crippen LogP contribution in [-0.4, -0.2) is 21.9 Å². The number of hydrogen-bond donors (Lipinski definition) is 3. The van der Waals surface area contributed by atoms with Gasteiger partial charge in [0, 0.05) is 30.2 Å². The van der Waals surface area contributed by atoms with E-state index in [1.54, 1.807) is 0 Å². The molecule has 1 fully saturated rings. The first-order valence-electron chi connectivity index (χ1n) is 11.1. The van der Waals surface area contributed by atoms with Crippen molar-refractivity contribution >= 4 is 23.6 Å². The van der Waals surface area contributed by atoms with Crippen LogP contribution >= 0.6 is 0 Å². The van der Waals surface area contributed by atoms with E-state index in [0.29, 0.717) is 30.4 Å². The zero-order valence-electron chi connectivity index (χ0n) is 17.1. The number of anilines is 1. The second-order valence-electron chi connectivity index (χ2n) is 8.86. The van der Waals surface area contributed by atoms with Gasteiger partial charge in [-0.1, -0.05) is 37.1 Å². The molecule has 5 rings (SSSR count). The SMILES string of the molecule is O=C1CCCCC2C=Cc3ccc(cc32)-c2cc(n[nH]2)NNC(=O)C2CCCC1C2. The highest BCUT2D eigenvalue weighted by Crippen LogP contribution is 2.37. The average Bonchev–Trinajstić information content (AvgIpc) is 3.41. The third-order valence-electron chi connectivity index (χ3n) is 6.89. The molecular formula is C24H28N4O2. The van der Waals surface area contributed by atoms with E-state index in [1.807, 2.05) is 6.07 Å². The number of rotatable bonds is 0. The number of allylic oxidation sites excluding steroid dienone is 1. The summed E-state index contributed by atoms with van der Waals surface area (Å²) in [5.41, 5.74) is 10.3. The van der Waals surface area contributed by atoms with Crippen LogP contribution in [0.1, 0.15) is 68.4 Å². The number of hydrogen-bond acceptors (Lipinski definition) is 4.